The second-order valence-electron chi connectivity index (χ2n) is 6.71. The highest BCUT2D eigenvalue weighted by atomic mass is 127. The highest BCUT2D eigenvalue weighted by Gasteiger charge is 2.22. The summed E-state index contributed by atoms with van der Waals surface area (Å²) in [5.41, 5.74) is 2.57. The molecule has 5 nitrogen and oxygen atoms in total. The van der Waals surface area contributed by atoms with Crippen molar-refractivity contribution in [2.75, 3.05) is 19.6 Å². The maximum atomic E-state index is 12.4. The molecule has 25 heavy (non-hydrogen) atoms. The Morgan fingerprint density at radius 2 is 1.88 bits per heavy atom. The third-order valence-corrected chi connectivity index (χ3v) is 4.60. The number of carbonyl (C=O) groups excluding carboxylic acids is 1. The second-order valence-corrected chi connectivity index (χ2v) is 6.71. The SMILES string of the molecule is CCNC(=NCC1CC1)NCCCC(=O)N1Cc2ccccc2C1.I. The monoisotopic (exact) mass is 456 g/mol. The van der Waals surface area contributed by atoms with Crippen molar-refractivity contribution in [2.45, 2.75) is 45.7 Å². The molecule has 1 aliphatic heterocycles. The van der Waals surface area contributed by atoms with Gasteiger partial charge in [0.1, 0.15) is 0 Å². The highest BCUT2D eigenvalue weighted by Crippen LogP contribution is 2.28. The van der Waals surface area contributed by atoms with Crippen LogP contribution in [0.5, 0.6) is 0 Å². The maximum absolute atomic E-state index is 12.4. The minimum absolute atomic E-state index is 0. The van der Waals surface area contributed by atoms with E-state index in [1.807, 2.05) is 17.0 Å². The molecule has 2 aliphatic rings. The van der Waals surface area contributed by atoms with Crippen LogP contribution >= 0.6 is 24.0 Å². The Hall–Kier alpha value is -1.31. The van der Waals surface area contributed by atoms with E-state index in [4.69, 9.17) is 0 Å². The van der Waals surface area contributed by atoms with Crippen LogP contribution in [-0.4, -0.2) is 36.4 Å². The first-order chi connectivity index (χ1) is 11.8. The lowest BCUT2D eigenvalue weighted by atomic mass is 10.1. The molecule has 0 aromatic heterocycles. The Labute approximate surface area is 167 Å². The van der Waals surface area contributed by atoms with Gasteiger partial charge in [0.05, 0.1) is 0 Å². The van der Waals surface area contributed by atoms with Gasteiger partial charge in [-0.05, 0) is 43.2 Å². The van der Waals surface area contributed by atoms with Gasteiger partial charge in [-0.1, -0.05) is 24.3 Å². The van der Waals surface area contributed by atoms with Crippen LogP contribution in [0.3, 0.4) is 0 Å². The fraction of sp³-hybridized carbons (Fsp3) is 0.579. The zero-order valence-electron chi connectivity index (χ0n) is 15.0. The highest BCUT2D eigenvalue weighted by molar-refractivity contribution is 14.0. The van der Waals surface area contributed by atoms with E-state index < -0.39 is 0 Å². The topological polar surface area (TPSA) is 56.7 Å². The number of rotatable bonds is 7. The van der Waals surface area contributed by atoms with Crippen LogP contribution in [0.1, 0.15) is 43.7 Å². The molecule has 0 bridgehead atoms. The maximum Gasteiger partial charge on any atom is 0.223 e. The molecule has 1 heterocycles. The van der Waals surface area contributed by atoms with Gasteiger partial charge in [0.25, 0.3) is 0 Å². The lowest BCUT2D eigenvalue weighted by Crippen LogP contribution is -2.38. The number of hydrogen-bond acceptors (Lipinski definition) is 2. The molecular weight excluding hydrogens is 427 g/mol. The van der Waals surface area contributed by atoms with Gasteiger partial charge >= 0.3 is 0 Å². The molecule has 0 atom stereocenters. The van der Waals surface area contributed by atoms with Crippen LogP contribution in [0.4, 0.5) is 0 Å². The molecule has 138 valence electrons. The first kappa shape index (κ1) is 20.0. The normalized spacial score (nSPS) is 16.2. The Kier molecular flexibility index (Phi) is 7.99. The number of nitrogens with one attached hydrogen (secondary N) is 2. The van der Waals surface area contributed by atoms with Gasteiger partial charge in [0.2, 0.25) is 5.91 Å². The molecule has 3 rings (SSSR count). The third kappa shape index (κ3) is 6.17. The molecule has 1 aromatic rings. The van der Waals surface area contributed by atoms with Crippen molar-refractivity contribution < 1.29 is 4.79 Å². The molecule has 1 amide bonds. The van der Waals surface area contributed by atoms with E-state index in [1.165, 1.54) is 24.0 Å². The Morgan fingerprint density at radius 1 is 1.20 bits per heavy atom. The van der Waals surface area contributed by atoms with Crippen LogP contribution in [0, 0.1) is 5.92 Å². The summed E-state index contributed by atoms with van der Waals surface area (Å²) in [4.78, 5) is 18.9. The molecular formula is C19H29IN4O. The van der Waals surface area contributed by atoms with E-state index in [0.29, 0.717) is 6.42 Å². The summed E-state index contributed by atoms with van der Waals surface area (Å²) in [5.74, 6) is 1.91. The molecule has 2 N–H and O–H groups in total. The Balaban J connectivity index is 0.00000225. The predicted octanol–water partition coefficient (Wildman–Crippen LogP) is 2.89. The number of hydrogen-bond donors (Lipinski definition) is 2. The van der Waals surface area contributed by atoms with Gasteiger partial charge in [-0.2, -0.15) is 0 Å². The molecule has 6 heteroatoms. The molecule has 1 aliphatic carbocycles. The summed E-state index contributed by atoms with van der Waals surface area (Å²) in [5, 5.41) is 6.60. The summed E-state index contributed by atoms with van der Waals surface area (Å²) in [6, 6.07) is 8.31. The molecule has 0 unspecified atom stereocenters. The van der Waals surface area contributed by atoms with Gasteiger partial charge in [-0.15, -0.1) is 24.0 Å². The van der Waals surface area contributed by atoms with E-state index in [-0.39, 0.29) is 29.9 Å². The average molecular weight is 456 g/mol. The average Bonchev–Trinajstić information content (AvgIpc) is 3.32. The Bertz CT molecular complexity index is 576. The molecule has 1 fully saturated rings. The number of guanidine groups is 1. The van der Waals surface area contributed by atoms with Crippen LogP contribution in [-0.2, 0) is 17.9 Å². The van der Waals surface area contributed by atoms with Crippen LogP contribution in [0.2, 0.25) is 0 Å². The smallest absolute Gasteiger partial charge is 0.223 e. The van der Waals surface area contributed by atoms with Crippen LogP contribution in [0.15, 0.2) is 29.3 Å². The van der Waals surface area contributed by atoms with Crippen molar-refractivity contribution in [3.63, 3.8) is 0 Å². The van der Waals surface area contributed by atoms with Crippen molar-refractivity contribution in [3.05, 3.63) is 35.4 Å². The summed E-state index contributed by atoms with van der Waals surface area (Å²) < 4.78 is 0. The quantitative estimate of drug-likeness (QED) is 0.287. The van der Waals surface area contributed by atoms with E-state index in [1.54, 1.807) is 0 Å². The number of halogens is 1. The number of carbonyl (C=O) groups is 1. The summed E-state index contributed by atoms with van der Waals surface area (Å²) in [6.45, 7) is 6.15. The lowest BCUT2D eigenvalue weighted by Gasteiger charge is -2.16. The third-order valence-electron chi connectivity index (χ3n) is 4.60. The van der Waals surface area contributed by atoms with Crippen molar-refractivity contribution >= 4 is 35.8 Å². The van der Waals surface area contributed by atoms with E-state index in [2.05, 4.69) is 34.7 Å². The molecule has 1 saturated carbocycles. The molecule has 1 aromatic carbocycles. The zero-order valence-corrected chi connectivity index (χ0v) is 17.3. The first-order valence-electron chi connectivity index (χ1n) is 9.13. The number of nitrogens with zero attached hydrogens (tertiary/aromatic N) is 2. The van der Waals surface area contributed by atoms with Crippen LogP contribution < -0.4 is 10.6 Å². The Morgan fingerprint density at radius 3 is 2.48 bits per heavy atom. The van der Waals surface area contributed by atoms with E-state index >= 15 is 0 Å². The van der Waals surface area contributed by atoms with Crippen molar-refractivity contribution in [1.82, 2.24) is 15.5 Å². The van der Waals surface area contributed by atoms with Crippen molar-refractivity contribution in [1.29, 1.82) is 0 Å². The molecule has 0 radical (unpaired) electrons. The first-order valence-corrected chi connectivity index (χ1v) is 9.13. The van der Waals surface area contributed by atoms with Crippen LogP contribution in [0.25, 0.3) is 0 Å². The zero-order chi connectivity index (χ0) is 16.8. The summed E-state index contributed by atoms with van der Waals surface area (Å²) in [7, 11) is 0. The van der Waals surface area contributed by atoms with E-state index in [9.17, 15) is 4.79 Å². The molecule has 0 spiro atoms. The standard InChI is InChI=1S/C19H28N4O.HI/c1-2-20-19(22-12-15-9-10-15)21-11-5-8-18(24)23-13-16-6-3-4-7-17(16)14-23;/h3-4,6-7,15H,2,5,8-14H2,1H3,(H2,20,21,22);1H. The van der Waals surface area contributed by atoms with Gasteiger partial charge in [0.15, 0.2) is 5.96 Å². The number of aliphatic imine (C=N–C) groups is 1. The van der Waals surface area contributed by atoms with Crippen molar-refractivity contribution in [3.8, 4) is 0 Å². The van der Waals surface area contributed by atoms with Gasteiger partial charge < -0.3 is 15.5 Å². The number of fused-ring (bicyclic) bond motifs is 1. The summed E-state index contributed by atoms with van der Waals surface area (Å²) in [6.07, 6.45) is 4.05. The van der Waals surface area contributed by atoms with Gasteiger partial charge in [-0.25, -0.2) is 0 Å². The second kappa shape index (κ2) is 9.99. The number of benzene rings is 1. The predicted molar refractivity (Wildman–Crippen MR) is 112 cm³/mol. The summed E-state index contributed by atoms with van der Waals surface area (Å²) >= 11 is 0. The van der Waals surface area contributed by atoms with Gasteiger partial charge in [0, 0.05) is 39.1 Å². The minimum atomic E-state index is 0. The van der Waals surface area contributed by atoms with Crippen molar-refractivity contribution in [2.24, 2.45) is 10.9 Å². The fourth-order valence-electron chi connectivity index (χ4n) is 2.98. The van der Waals surface area contributed by atoms with Gasteiger partial charge in [-0.3, -0.25) is 9.79 Å². The molecule has 0 saturated heterocycles. The lowest BCUT2D eigenvalue weighted by molar-refractivity contribution is -0.131. The van der Waals surface area contributed by atoms with E-state index in [0.717, 1.165) is 51.0 Å². The fourth-order valence-corrected chi connectivity index (χ4v) is 2.98. The minimum Gasteiger partial charge on any atom is -0.357 e. The number of amides is 1. The largest absolute Gasteiger partial charge is 0.357 e.